The van der Waals surface area contributed by atoms with Crippen LogP contribution in [0.25, 0.3) is 0 Å². The Morgan fingerprint density at radius 3 is 2.70 bits per heavy atom. The van der Waals surface area contributed by atoms with Crippen LogP contribution in [0.2, 0.25) is 0 Å². The zero-order valence-corrected chi connectivity index (χ0v) is 11.9. The summed E-state index contributed by atoms with van der Waals surface area (Å²) < 4.78 is 18.5. The van der Waals surface area contributed by atoms with E-state index in [1.807, 2.05) is 0 Å². The molecule has 0 spiro atoms. The fourth-order valence-electron chi connectivity index (χ4n) is 1.89. The van der Waals surface area contributed by atoms with E-state index in [1.54, 1.807) is 12.1 Å². The Balaban J connectivity index is 2.20. The standard InChI is InChI=1S/C15H24FNO3/c1-2-12(7-8-18)9-17-10-13(19)11-20-15-6-4-3-5-14(15)16/h3-6,12-13,17-19H,2,7-11H2,1H3. The zero-order chi connectivity index (χ0) is 14.8. The van der Waals surface area contributed by atoms with Gasteiger partial charge < -0.3 is 20.3 Å². The Labute approximate surface area is 119 Å². The number of para-hydroxylation sites is 1. The molecule has 0 bridgehead atoms. The average Bonchev–Trinajstić information content (AvgIpc) is 2.45. The predicted octanol–water partition coefficient (Wildman–Crippen LogP) is 1.56. The first kappa shape index (κ1) is 16.9. The molecule has 1 aromatic rings. The Morgan fingerprint density at radius 2 is 2.05 bits per heavy atom. The van der Waals surface area contributed by atoms with Gasteiger partial charge in [0.2, 0.25) is 0 Å². The third-order valence-corrected chi connectivity index (χ3v) is 3.20. The normalized spacial score (nSPS) is 14.0. The van der Waals surface area contributed by atoms with Gasteiger partial charge >= 0.3 is 0 Å². The second-order valence-electron chi connectivity index (χ2n) is 4.84. The van der Waals surface area contributed by atoms with Crippen LogP contribution in [0.1, 0.15) is 19.8 Å². The first-order chi connectivity index (χ1) is 9.67. The SMILES string of the molecule is CCC(CCO)CNCC(O)COc1ccccc1F. The first-order valence-corrected chi connectivity index (χ1v) is 7.04. The lowest BCUT2D eigenvalue weighted by Gasteiger charge is -2.17. The second kappa shape index (κ2) is 9.69. The lowest BCUT2D eigenvalue weighted by molar-refractivity contribution is 0.102. The van der Waals surface area contributed by atoms with Crippen molar-refractivity contribution in [2.75, 3.05) is 26.3 Å². The molecule has 20 heavy (non-hydrogen) atoms. The molecule has 1 aromatic carbocycles. The summed E-state index contributed by atoms with van der Waals surface area (Å²) in [6.45, 7) is 3.42. The van der Waals surface area contributed by atoms with Crippen molar-refractivity contribution in [3.8, 4) is 5.75 Å². The van der Waals surface area contributed by atoms with Crippen LogP contribution in [-0.4, -0.2) is 42.6 Å². The topological polar surface area (TPSA) is 61.7 Å². The summed E-state index contributed by atoms with van der Waals surface area (Å²) in [7, 11) is 0. The van der Waals surface area contributed by atoms with Crippen molar-refractivity contribution < 1.29 is 19.3 Å². The summed E-state index contributed by atoms with van der Waals surface area (Å²) in [5.74, 6) is 0.125. The molecule has 3 N–H and O–H groups in total. The van der Waals surface area contributed by atoms with Crippen molar-refractivity contribution in [2.24, 2.45) is 5.92 Å². The van der Waals surface area contributed by atoms with E-state index in [9.17, 15) is 9.50 Å². The maximum Gasteiger partial charge on any atom is 0.165 e. The summed E-state index contributed by atoms with van der Waals surface area (Å²) in [5, 5.41) is 21.8. The Morgan fingerprint density at radius 1 is 1.30 bits per heavy atom. The minimum atomic E-state index is -0.693. The molecule has 0 radical (unpaired) electrons. The van der Waals surface area contributed by atoms with Gasteiger partial charge in [-0.25, -0.2) is 4.39 Å². The Kier molecular flexibility index (Phi) is 8.18. The lowest BCUT2D eigenvalue weighted by atomic mass is 10.0. The molecular weight excluding hydrogens is 261 g/mol. The molecule has 0 aliphatic heterocycles. The van der Waals surface area contributed by atoms with E-state index < -0.39 is 11.9 Å². The molecule has 0 fully saturated rings. The molecule has 2 atom stereocenters. The number of rotatable bonds is 10. The fraction of sp³-hybridized carbons (Fsp3) is 0.600. The molecular formula is C15H24FNO3. The van der Waals surface area contributed by atoms with Crippen LogP contribution in [0.4, 0.5) is 4.39 Å². The van der Waals surface area contributed by atoms with E-state index in [0.717, 1.165) is 19.4 Å². The Bertz CT molecular complexity index is 376. The van der Waals surface area contributed by atoms with Gasteiger partial charge in [-0.1, -0.05) is 25.5 Å². The highest BCUT2D eigenvalue weighted by Crippen LogP contribution is 2.15. The maximum atomic E-state index is 13.3. The molecule has 114 valence electrons. The first-order valence-electron chi connectivity index (χ1n) is 7.04. The maximum absolute atomic E-state index is 13.3. The number of benzene rings is 1. The van der Waals surface area contributed by atoms with E-state index in [1.165, 1.54) is 12.1 Å². The summed E-state index contributed by atoms with van der Waals surface area (Å²) in [6.07, 6.45) is 1.04. The third-order valence-electron chi connectivity index (χ3n) is 3.20. The molecule has 0 saturated heterocycles. The minimum absolute atomic E-state index is 0.0464. The van der Waals surface area contributed by atoms with Crippen LogP contribution in [0, 0.1) is 11.7 Å². The number of hydrogen-bond acceptors (Lipinski definition) is 4. The molecule has 0 amide bonds. The predicted molar refractivity (Wildman–Crippen MR) is 76.3 cm³/mol. The van der Waals surface area contributed by atoms with Gasteiger partial charge in [-0.15, -0.1) is 0 Å². The number of ether oxygens (including phenoxy) is 1. The highest BCUT2D eigenvalue weighted by atomic mass is 19.1. The quantitative estimate of drug-likeness (QED) is 0.610. The molecule has 4 nitrogen and oxygen atoms in total. The zero-order valence-electron chi connectivity index (χ0n) is 11.9. The van der Waals surface area contributed by atoms with Crippen LogP contribution in [0.15, 0.2) is 24.3 Å². The van der Waals surface area contributed by atoms with Crippen molar-refractivity contribution >= 4 is 0 Å². The van der Waals surface area contributed by atoms with Crippen LogP contribution < -0.4 is 10.1 Å². The summed E-state index contributed by atoms with van der Waals surface area (Å²) in [6, 6.07) is 6.13. The van der Waals surface area contributed by atoms with E-state index in [0.29, 0.717) is 12.5 Å². The molecule has 2 unspecified atom stereocenters. The van der Waals surface area contributed by atoms with Gasteiger partial charge in [-0.05, 0) is 31.0 Å². The van der Waals surface area contributed by atoms with Gasteiger partial charge in [0.25, 0.3) is 0 Å². The minimum Gasteiger partial charge on any atom is -0.488 e. The van der Waals surface area contributed by atoms with Crippen molar-refractivity contribution in [2.45, 2.75) is 25.9 Å². The molecule has 1 rings (SSSR count). The third kappa shape index (κ3) is 6.32. The van der Waals surface area contributed by atoms with E-state index >= 15 is 0 Å². The van der Waals surface area contributed by atoms with Crippen molar-refractivity contribution in [3.05, 3.63) is 30.1 Å². The van der Waals surface area contributed by atoms with Crippen LogP contribution in [0.5, 0.6) is 5.75 Å². The number of aliphatic hydroxyl groups is 2. The van der Waals surface area contributed by atoms with E-state index in [2.05, 4.69) is 12.2 Å². The van der Waals surface area contributed by atoms with E-state index in [-0.39, 0.29) is 19.0 Å². The lowest BCUT2D eigenvalue weighted by Crippen LogP contribution is -2.34. The Hall–Kier alpha value is -1.17. The highest BCUT2D eigenvalue weighted by molar-refractivity contribution is 5.23. The molecule has 5 heteroatoms. The fourth-order valence-corrected chi connectivity index (χ4v) is 1.89. The van der Waals surface area contributed by atoms with Crippen LogP contribution >= 0.6 is 0 Å². The van der Waals surface area contributed by atoms with Crippen LogP contribution in [-0.2, 0) is 0 Å². The molecule has 0 aromatic heterocycles. The van der Waals surface area contributed by atoms with Crippen LogP contribution in [0.3, 0.4) is 0 Å². The average molecular weight is 285 g/mol. The number of hydrogen-bond donors (Lipinski definition) is 3. The largest absolute Gasteiger partial charge is 0.488 e. The molecule has 0 aliphatic carbocycles. The highest BCUT2D eigenvalue weighted by Gasteiger charge is 2.09. The number of halogens is 1. The van der Waals surface area contributed by atoms with Crippen molar-refractivity contribution in [3.63, 3.8) is 0 Å². The molecule has 0 heterocycles. The summed E-state index contributed by atoms with van der Waals surface area (Å²) in [5.41, 5.74) is 0. The number of aliphatic hydroxyl groups excluding tert-OH is 2. The van der Waals surface area contributed by atoms with Gasteiger partial charge in [-0.3, -0.25) is 0 Å². The molecule has 0 saturated carbocycles. The van der Waals surface area contributed by atoms with Crippen molar-refractivity contribution in [1.82, 2.24) is 5.32 Å². The van der Waals surface area contributed by atoms with Gasteiger partial charge in [0.15, 0.2) is 11.6 Å². The monoisotopic (exact) mass is 285 g/mol. The molecule has 0 aliphatic rings. The van der Waals surface area contributed by atoms with Gasteiger partial charge in [0.05, 0.1) is 0 Å². The smallest absolute Gasteiger partial charge is 0.165 e. The van der Waals surface area contributed by atoms with Gasteiger partial charge in [0, 0.05) is 13.2 Å². The van der Waals surface area contributed by atoms with Gasteiger partial charge in [-0.2, -0.15) is 0 Å². The van der Waals surface area contributed by atoms with Gasteiger partial charge in [0.1, 0.15) is 12.7 Å². The summed E-state index contributed by atoms with van der Waals surface area (Å²) >= 11 is 0. The second-order valence-corrected chi connectivity index (χ2v) is 4.84. The van der Waals surface area contributed by atoms with Crippen molar-refractivity contribution in [1.29, 1.82) is 0 Å². The van der Waals surface area contributed by atoms with E-state index in [4.69, 9.17) is 9.84 Å². The summed E-state index contributed by atoms with van der Waals surface area (Å²) in [4.78, 5) is 0. The number of nitrogens with one attached hydrogen (secondary N) is 1.